The lowest BCUT2D eigenvalue weighted by Crippen LogP contribution is -2.37. The smallest absolute Gasteiger partial charge is 0.321 e. The molecule has 0 fully saturated rings. The summed E-state index contributed by atoms with van der Waals surface area (Å²) in [5.41, 5.74) is 1.77. The highest BCUT2D eigenvalue weighted by molar-refractivity contribution is 6.02. The van der Waals surface area contributed by atoms with E-state index in [4.69, 9.17) is 0 Å². The summed E-state index contributed by atoms with van der Waals surface area (Å²) in [5.74, 6) is -0.339. The van der Waals surface area contributed by atoms with Gasteiger partial charge in [-0.15, -0.1) is 0 Å². The van der Waals surface area contributed by atoms with E-state index in [1.165, 1.54) is 30.0 Å². The number of amides is 1. The quantitative estimate of drug-likeness (QED) is 0.727. The molecule has 0 spiro atoms. The number of aryl methyl sites for hydroxylation is 2. The third-order valence-electron chi connectivity index (χ3n) is 4.03. The number of aromatic nitrogens is 3. The maximum absolute atomic E-state index is 12.3. The molecule has 0 atom stereocenters. The molecule has 0 aliphatic heterocycles. The van der Waals surface area contributed by atoms with E-state index in [2.05, 4.69) is 10.3 Å². The Kier molecular flexibility index (Phi) is 4.53. The number of nitrogens with one attached hydrogen (secondary N) is 1. The minimum Gasteiger partial charge on any atom is -0.321 e. The number of nitrogens with zero attached hydrogens (tertiary/aromatic N) is 3. The third kappa shape index (κ3) is 3.32. The molecule has 1 aromatic carbocycles. The molecule has 2 aromatic heterocycles. The molecule has 0 bridgehead atoms. The highest BCUT2D eigenvalue weighted by atomic mass is 16.2. The van der Waals surface area contributed by atoms with Crippen molar-refractivity contribution in [2.24, 2.45) is 14.1 Å². The first-order chi connectivity index (χ1) is 12.4. The van der Waals surface area contributed by atoms with Gasteiger partial charge in [0.15, 0.2) is 0 Å². The van der Waals surface area contributed by atoms with Crippen LogP contribution in [0.1, 0.15) is 11.1 Å². The molecule has 7 heteroatoms. The van der Waals surface area contributed by atoms with Crippen LogP contribution < -0.4 is 16.6 Å². The Bertz CT molecular complexity index is 1160. The minimum absolute atomic E-state index is 0.259. The number of pyridine rings is 1. The Hall–Kier alpha value is -3.48. The van der Waals surface area contributed by atoms with Crippen LogP contribution in [0.5, 0.6) is 0 Å². The number of rotatable bonds is 3. The fraction of sp³-hybridized carbons (Fsp3) is 0.158. The van der Waals surface area contributed by atoms with E-state index in [1.54, 1.807) is 13.1 Å². The number of carbonyl (C=O) groups is 1. The molecule has 7 nitrogen and oxygen atoms in total. The molecule has 3 rings (SSSR count). The lowest BCUT2D eigenvalue weighted by atomic mass is 10.1. The molecule has 0 aliphatic carbocycles. The molecule has 3 aromatic rings. The molecule has 0 unspecified atom stereocenters. The Morgan fingerprint density at radius 2 is 1.92 bits per heavy atom. The summed E-state index contributed by atoms with van der Waals surface area (Å²) in [5, 5.41) is 2.94. The van der Waals surface area contributed by atoms with E-state index >= 15 is 0 Å². The van der Waals surface area contributed by atoms with Crippen molar-refractivity contribution >= 4 is 28.7 Å². The maximum atomic E-state index is 12.3. The van der Waals surface area contributed by atoms with Crippen molar-refractivity contribution in [3.05, 3.63) is 74.6 Å². The molecule has 0 saturated carbocycles. The molecule has 0 aliphatic rings. The number of benzene rings is 1. The summed E-state index contributed by atoms with van der Waals surface area (Å²) in [6.45, 7) is 1.98. The molecule has 1 amide bonds. The second-order valence-corrected chi connectivity index (χ2v) is 6.04. The monoisotopic (exact) mass is 350 g/mol. The summed E-state index contributed by atoms with van der Waals surface area (Å²) in [7, 11) is 2.94. The van der Waals surface area contributed by atoms with Crippen molar-refractivity contribution in [2.45, 2.75) is 6.92 Å². The number of fused-ring (bicyclic) bond motifs is 1. The molecule has 132 valence electrons. The van der Waals surface area contributed by atoms with E-state index in [0.29, 0.717) is 5.69 Å². The third-order valence-corrected chi connectivity index (χ3v) is 4.03. The zero-order chi connectivity index (χ0) is 18.8. The lowest BCUT2D eigenvalue weighted by Gasteiger charge is -2.08. The van der Waals surface area contributed by atoms with E-state index in [-0.39, 0.29) is 16.9 Å². The fourth-order valence-electron chi connectivity index (χ4n) is 2.66. The predicted molar refractivity (Wildman–Crippen MR) is 101 cm³/mol. The Labute approximate surface area is 149 Å². The number of anilines is 1. The van der Waals surface area contributed by atoms with Gasteiger partial charge in [0.25, 0.3) is 5.56 Å². The Balaban J connectivity index is 1.88. The molecule has 0 saturated heterocycles. The van der Waals surface area contributed by atoms with Gasteiger partial charge in [-0.2, -0.15) is 0 Å². The van der Waals surface area contributed by atoms with Gasteiger partial charge < -0.3 is 5.32 Å². The van der Waals surface area contributed by atoms with Crippen molar-refractivity contribution in [1.29, 1.82) is 0 Å². The van der Waals surface area contributed by atoms with Crippen LogP contribution in [0.25, 0.3) is 17.1 Å². The van der Waals surface area contributed by atoms with Crippen LogP contribution in [0.3, 0.4) is 0 Å². The first kappa shape index (κ1) is 17.3. The Morgan fingerprint density at radius 3 is 2.65 bits per heavy atom. The highest BCUT2D eigenvalue weighted by Crippen LogP contribution is 2.12. The van der Waals surface area contributed by atoms with Gasteiger partial charge in [0.2, 0.25) is 5.91 Å². The van der Waals surface area contributed by atoms with Gasteiger partial charge in [0.1, 0.15) is 5.65 Å². The van der Waals surface area contributed by atoms with Crippen LogP contribution in [0.2, 0.25) is 0 Å². The Morgan fingerprint density at radius 1 is 1.15 bits per heavy atom. The van der Waals surface area contributed by atoms with E-state index in [0.717, 1.165) is 15.7 Å². The summed E-state index contributed by atoms with van der Waals surface area (Å²) >= 11 is 0. The first-order valence-corrected chi connectivity index (χ1v) is 7.98. The zero-order valence-electron chi connectivity index (χ0n) is 14.7. The van der Waals surface area contributed by atoms with Crippen LogP contribution in [0.4, 0.5) is 5.69 Å². The van der Waals surface area contributed by atoms with Crippen LogP contribution in [-0.2, 0) is 18.9 Å². The molecule has 2 heterocycles. The van der Waals surface area contributed by atoms with Crippen LogP contribution in [0.15, 0.2) is 52.2 Å². The summed E-state index contributed by atoms with van der Waals surface area (Å²) < 4.78 is 2.30. The molecular formula is C19H18N4O3. The van der Waals surface area contributed by atoms with Crippen LogP contribution >= 0.6 is 0 Å². The van der Waals surface area contributed by atoms with Gasteiger partial charge >= 0.3 is 5.69 Å². The predicted octanol–water partition coefficient (Wildman–Crippen LogP) is 1.59. The molecular weight excluding hydrogens is 332 g/mol. The van der Waals surface area contributed by atoms with Gasteiger partial charge in [0.05, 0.1) is 17.3 Å². The van der Waals surface area contributed by atoms with Crippen molar-refractivity contribution in [3.63, 3.8) is 0 Å². The second-order valence-electron chi connectivity index (χ2n) is 6.04. The maximum Gasteiger partial charge on any atom is 0.332 e. The topological polar surface area (TPSA) is 86.0 Å². The van der Waals surface area contributed by atoms with Crippen molar-refractivity contribution in [2.75, 3.05) is 5.32 Å². The molecule has 0 radical (unpaired) electrons. The second kappa shape index (κ2) is 6.79. The normalized spacial score (nSPS) is 11.2. The van der Waals surface area contributed by atoms with Crippen LogP contribution in [-0.4, -0.2) is 20.0 Å². The van der Waals surface area contributed by atoms with E-state index in [9.17, 15) is 14.4 Å². The highest BCUT2D eigenvalue weighted by Gasteiger charge is 2.10. The summed E-state index contributed by atoms with van der Waals surface area (Å²) in [4.78, 5) is 40.4. The van der Waals surface area contributed by atoms with Crippen molar-refractivity contribution in [3.8, 4) is 0 Å². The van der Waals surface area contributed by atoms with E-state index in [1.807, 2.05) is 31.2 Å². The van der Waals surface area contributed by atoms with Gasteiger partial charge in [-0.25, -0.2) is 9.78 Å². The molecule has 1 N–H and O–H groups in total. The average molecular weight is 350 g/mol. The average Bonchev–Trinajstić information content (AvgIpc) is 2.63. The van der Waals surface area contributed by atoms with Crippen LogP contribution in [0, 0.1) is 6.92 Å². The molecule has 26 heavy (non-hydrogen) atoms. The largest absolute Gasteiger partial charge is 0.332 e. The number of hydrogen-bond donors (Lipinski definition) is 1. The fourth-order valence-corrected chi connectivity index (χ4v) is 2.66. The standard InChI is InChI=1S/C19H18N4O3/c1-12-5-4-6-13(9-12)7-8-16(24)21-14-10-15-17(20-11-14)22(2)19(26)23(3)18(15)25/h4-11H,1-3H3,(H,21,24)/b8-7+. The number of carbonyl (C=O) groups excluding carboxylic acids is 1. The summed E-state index contributed by atoms with van der Waals surface area (Å²) in [6.07, 6.45) is 4.54. The number of hydrogen-bond acceptors (Lipinski definition) is 4. The SMILES string of the molecule is Cc1cccc(/C=C/C(=O)Nc2cnc3c(c2)c(=O)n(C)c(=O)n3C)c1. The van der Waals surface area contributed by atoms with E-state index < -0.39 is 11.2 Å². The van der Waals surface area contributed by atoms with Crippen molar-refractivity contribution < 1.29 is 4.79 Å². The van der Waals surface area contributed by atoms with Gasteiger partial charge in [-0.3, -0.25) is 18.7 Å². The first-order valence-electron chi connectivity index (χ1n) is 7.98. The minimum atomic E-state index is -0.456. The van der Waals surface area contributed by atoms with Gasteiger partial charge in [-0.1, -0.05) is 29.8 Å². The zero-order valence-corrected chi connectivity index (χ0v) is 14.7. The van der Waals surface area contributed by atoms with Gasteiger partial charge in [0, 0.05) is 20.2 Å². The van der Waals surface area contributed by atoms with Gasteiger partial charge in [-0.05, 0) is 24.6 Å². The summed E-state index contributed by atoms with van der Waals surface area (Å²) in [6, 6.07) is 9.28. The lowest BCUT2D eigenvalue weighted by molar-refractivity contribution is -0.111. The van der Waals surface area contributed by atoms with Crippen molar-refractivity contribution in [1.82, 2.24) is 14.1 Å².